The van der Waals surface area contributed by atoms with Gasteiger partial charge in [0.2, 0.25) is 5.89 Å². The van der Waals surface area contributed by atoms with E-state index in [1.165, 1.54) is 17.8 Å². The highest BCUT2D eigenvalue weighted by Crippen LogP contribution is 2.24. The lowest BCUT2D eigenvalue weighted by Gasteiger charge is -2.37. The van der Waals surface area contributed by atoms with E-state index in [9.17, 15) is 4.39 Å². The predicted octanol–water partition coefficient (Wildman–Crippen LogP) is 4.58. The summed E-state index contributed by atoms with van der Waals surface area (Å²) in [4.78, 5) is 9.13. The molecule has 0 unspecified atom stereocenters. The van der Waals surface area contributed by atoms with E-state index in [2.05, 4.69) is 52.2 Å². The minimum atomic E-state index is -0.271. The maximum absolute atomic E-state index is 13.4. The fraction of sp³-hybridized carbons (Fsp3) is 0.318. The second-order valence-corrected chi connectivity index (χ2v) is 7.10. The number of piperidine rings is 1. The van der Waals surface area contributed by atoms with Crippen molar-refractivity contribution in [3.05, 3.63) is 72.5 Å². The number of halogens is 1. The molecule has 4 nitrogen and oxygen atoms in total. The molecule has 0 spiro atoms. The summed E-state index contributed by atoms with van der Waals surface area (Å²) in [5.41, 5.74) is 2.01. The predicted molar refractivity (Wildman–Crippen MR) is 105 cm³/mol. The first-order valence-electron chi connectivity index (χ1n) is 9.40. The smallest absolute Gasteiger partial charge is 0.209 e. The van der Waals surface area contributed by atoms with Gasteiger partial charge in [-0.25, -0.2) is 9.37 Å². The minimum absolute atomic E-state index is 0.271. The average molecular weight is 365 g/mol. The molecule has 4 rings (SSSR count). The molecular weight excluding hydrogens is 341 g/mol. The topological polar surface area (TPSA) is 32.5 Å². The largest absolute Gasteiger partial charge is 0.439 e. The van der Waals surface area contributed by atoms with Crippen molar-refractivity contribution in [3.63, 3.8) is 0 Å². The van der Waals surface area contributed by atoms with Gasteiger partial charge in [-0.3, -0.25) is 4.90 Å². The van der Waals surface area contributed by atoms with Crippen molar-refractivity contribution in [2.24, 2.45) is 0 Å². The van der Waals surface area contributed by atoms with Gasteiger partial charge < -0.3 is 9.32 Å². The van der Waals surface area contributed by atoms with Crippen molar-refractivity contribution in [1.82, 2.24) is 9.88 Å². The van der Waals surface area contributed by atoms with E-state index < -0.39 is 0 Å². The highest BCUT2D eigenvalue weighted by Gasteiger charge is 2.23. The zero-order valence-corrected chi connectivity index (χ0v) is 15.5. The Hall–Kier alpha value is -2.66. The highest BCUT2D eigenvalue weighted by atomic mass is 19.1. The van der Waals surface area contributed by atoms with Gasteiger partial charge in [-0.2, -0.15) is 0 Å². The van der Waals surface area contributed by atoms with Gasteiger partial charge in [-0.1, -0.05) is 30.3 Å². The Balaban J connectivity index is 1.34. The Morgan fingerprint density at radius 3 is 2.63 bits per heavy atom. The molecule has 1 aromatic heterocycles. The summed E-state index contributed by atoms with van der Waals surface area (Å²) in [5.74, 6) is 1.01. The molecule has 3 aromatic rings. The fourth-order valence-corrected chi connectivity index (χ4v) is 3.70. The van der Waals surface area contributed by atoms with Gasteiger partial charge >= 0.3 is 0 Å². The molecule has 1 aliphatic heterocycles. The number of benzene rings is 2. The molecule has 0 amide bonds. The van der Waals surface area contributed by atoms with Gasteiger partial charge in [0.15, 0.2) is 5.76 Å². The summed E-state index contributed by atoms with van der Waals surface area (Å²) in [6.07, 6.45) is 3.90. The Labute approximate surface area is 159 Å². The van der Waals surface area contributed by atoms with Crippen LogP contribution in [0.2, 0.25) is 0 Å². The molecule has 0 aliphatic carbocycles. The van der Waals surface area contributed by atoms with Crippen LogP contribution in [-0.2, 0) is 6.54 Å². The molecule has 5 heteroatoms. The van der Waals surface area contributed by atoms with Crippen LogP contribution in [0.3, 0.4) is 0 Å². The number of hydrogen-bond donors (Lipinski definition) is 0. The first-order valence-corrected chi connectivity index (χ1v) is 9.40. The molecule has 0 saturated carbocycles. The normalized spacial score (nSPS) is 15.4. The molecule has 1 saturated heterocycles. The molecule has 0 atom stereocenters. The van der Waals surface area contributed by atoms with Crippen LogP contribution in [0.5, 0.6) is 0 Å². The van der Waals surface area contributed by atoms with Crippen molar-refractivity contribution in [2.75, 3.05) is 25.0 Å². The standard InChI is InChI=1S/C22H24FN3O/c1-25(19-10-12-26(13-11-19)20-8-3-2-4-9-20)16-22-24-15-21(27-22)17-6-5-7-18(23)14-17/h2-9,14-15,19H,10-13,16H2,1H3. The van der Waals surface area contributed by atoms with E-state index >= 15 is 0 Å². The lowest BCUT2D eigenvalue weighted by atomic mass is 10.0. The second-order valence-electron chi connectivity index (χ2n) is 7.10. The van der Waals surface area contributed by atoms with Gasteiger partial charge in [0.1, 0.15) is 5.82 Å². The van der Waals surface area contributed by atoms with E-state index in [1.54, 1.807) is 12.3 Å². The van der Waals surface area contributed by atoms with Gasteiger partial charge in [0.25, 0.3) is 0 Å². The zero-order valence-electron chi connectivity index (χ0n) is 15.5. The quantitative estimate of drug-likeness (QED) is 0.662. The first kappa shape index (κ1) is 17.7. The number of anilines is 1. The van der Waals surface area contributed by atoms with Crippen molar-refractivity contribution in [2.45, 2.75) is 25.4 Å². The third-order valence-electron chi connectivity index (χ3n) is 5.26. The van der Waals surface area contributed by atoms with Gasteiger partial charge in [0, 0.05) is 30.4 Å². The number of rotatable bonds is 5. The molecule has 140 valence electrons. The lowest BCUT2D eigenvalue weighted by Crippen LogP contribution is -2.43. The fourth-order valence-electron chi connectivity index (χ4n) is 3.70. The number of oxazole rings is 1. The van der Waals surface area contributed by atoms with E-state index in [0.717, 1.165) is 25.9 Å². The van der Waals surface area contributed by atoms with Gasteiger partial charge in [-0.05, 0) is 44.2 Å². The monoisotopic (exact) mass is 365 g/mol. The van der Waals surface area contributed by atoms with Crippen LogP contribution in [0, 0.1) is 5.82 Å². The Morgan fingerprint density at radius 2 is 1.89 bits per heavy atom. The van der Waals surface area contributed by atoms with E-state index in [4.69, 9.17) is 4.42 Å². The molecule has 1 aliphatic rings. The molecule has 2 heterocycles. The van der Waals surface area contributed by atoms with Crippen molar-refractivity contribution < 1.29 is 8.81 Å². The Morgan fingerprint density at radius 1 is 1.11 bits per heavy atom. The Kier molecular flexibility index (Phi) is 5.21. The minimum Gasteiger partial charge on any atom is -0.439 e. The molecule has 2 aromatic carbocycles. The van der Waals surface area contributed by atoms with Crippen LogP contribution in [0.1, 0.15) is 18.7 Å². The SMILES string of the molecule is CN(Cc1ncc(-c2cccc(F)c2)o1)C1CCN(c2ccccc2)CC1. The van der Waals surface area contributed by atoms with Crippen molar-refractivity contribution in [3.8, 4) is 11.3 Å². The molecular formula is C22H24FN3O. The van der Waals surface area contributed by atoms with Gasteiger partial charge in [-0.15, -0.1) is 0 Å². The number of aromatic nitrogens is 1. The third kappa shape index (κ3) is 4.19. The maximum Gasteiger partial charge on any atom is 0.209 e. The summed E-state index contributed by atoms with van der Waals surface area (Å²) >= 11 is 0. The van der Waals surface area contributed by atoms with Crippen LogP contribution >= 0.6 is 0 Å². The Bertz CT molecular complexity index is 872. The average Bonchev–Trinajstić information content (AvgIpc) is 3.17. The van der Waals surface area contributed by atoms with Crippen LogP contribution in [0.25, 0.3) is 11.3 Å². The summed E-state index contributed by atoms with van der Waals surface area (Å²) < 4.78 is 19.2. The number of nitrogens with zero attached hydrogens (tertiary/aromatic N) is 3. The third-order valence-corrected chi connectivity index (χ3v) is 5.26. The van der Waals surface area contributed by atoms with E-state index in [0.29, 0.717) is 29.8 Å². The van der Waals surface area contributed by atoms with Crippen LogP contribution < -0.4 is 4.90 Å². The highest BCUT2D eigenvalue weighted by molar-refractivity contribution is 5.56. The first-order chi connectivity index (χ1) is 13.2. The summed E-state index contributed by atoms with van der Waals surface area (Å²) in [5, 5.41) is 0. The lowest BCUT2D eigenvalue weighted by molar-refractivity contribution is 0.184. The zero-order chi connectivity index (χ0) is 18.6. The number of hydrogen-bond acceptors (Lipinski definition) is 4. The molecule has 1 fully saturated rings. The van der Waals surface area contributed by atoms with Gasteiger partial charge in [0.05, 0.1) is 12.7 Å². The van der Waals surface area contributed by atoms with E-state index in [1.807, 2.05) is 6.07 Å². The van der Waals surface area contributed by atoms with Crippen molar-refractivity contribution >= 4 is 5.69 Å². The van der Waals surface area contributed by atoms with Crippen LogP contribution in [0.15, 0.2) is 65.2 Å². The second kappa shape index (κ2) is 7.92. The van der Waals surface area contributed by atoms with Crippen molar-refractivity contribution in [1.29, 1.82) is 0 Å². The summed E-state index contributed by atoms with van der Waals surface area (Å²) in [6, 6.07) is 17.5. The van der Waals surface area contributed by atoms with Crippen LogP contribution in [0.4, 0.5) is 10.1 Å². The van der Waals surface area contributed by atoms with Crippen LogP contribution in [-0.4, -0.2) is 36.1 Å². The molecule has 0 radical (unpaired) electrons. The van der Waals surface area contributed by atoms with E-state index in [-0.39, 0.29) is 5.82 Å². The summed E-state index contributed by atoms with van der Waals surface area (Å²) in [6.45, 7) is 2.77. The maximum atomic E-state index is 13.4. The molecule has 0 bridgehead atoms. The number of para-hydroxylation sites is 1. The molecule has 0 N–H and O–H groups in total. The summed E-state index contributed by atoms with van der Waals surface area (Å²) in [7, 11) is 2.12. The molecule has 27 heavy (non-hydrogen) atoms.